The highest BCUT2D eigenvalue weighted by atomic mass is 19.1. The van der Waals surface area contributed by atoms with E-state index in [0.717, 1.165) is 11.3 Å². The second-order valence-corrected chi connectivity index (χ2v) is 6.36. The maximum atomic E-state index is 13.4. The van der Waals surface area contributed by atoms with Crippen molar-refractivity contribution in [3.8, 4) is 11.5 Å². The highest BCUT2D eigenvalue weighted by Gasteiger charge is 2.34. The molecule has 3 aromatic rings. The zero-order valence-electron chi connectivity index (χ0n) is 14.2. The van der Waals surface area contributed by atoms with Crippen LogP contribution in [0.25, 0.3) is 0 Å². The number of amides is 1. The predicted octanol–water partition coefficient (Wildman–Crippen LogP) is 4.33. The van der Waals surface area contributed by atoms with Gasteiger partial charge in [-0.2, -0.15) is 0 Å². The van der Waals surface area contributed by atoms with Crippen molar-refractivity contribution in [2.75, 3.05) is 17.0 Å². The molecule has 0 spiro atoms. The van der Waals surface area contributed by atoms with E-state index in [1.807, 2.05) is 36.4 Å². The van der Waals surface area contributed by atoms with Gasteiger partial charge in [-0.05, 0) is 54.1 Å². The number of anilines is 2. The number of fused-ring (bicyclic) bond motifs is 2. The van der Waals surface area contributed by atoms with E-state index in [4.69, 9.17) is 9.47 Å². The molecule has 5 rings (SSSR count). The summed E-state index contributed by atoms with van der Waals surface area (Å²) in [4.78, 5) is 14.9. The molecular weight excluding hydrogens is 347 g/mol. The molecule has 1 atom stereocenters. The number of halogens is 1. The molecule has 27 heavy (non-hydrogen) atoms. The molecule has 0 aromatic heterocycles. The van der Waals surface area contributed by atoms with E-state index in [2.05, 4.69) is 5.32 Å². The molecule has 5 nitrogen and oxygen atoms in total. The molecule has 3 aromatic carbocycles. The lowest BCUT2D eigenvalue weighted by molar-refractivity contribution is 0.0974. The lowest BCUT2D eigenvalue weighted by Gasteiger charge is -2.38. The van der Waals surface area contributed by atoms with Crippen LogP contribution >= 0.6 is 0 Å². The molecule has 2 heterocycles. The molecule has 1 amide bonds. The predicted molar refractivity (Wildman–Crippen MR) is 98.6 cm³/mol. The Labute approximate surface area is 154 Å². The standard InChI is InChI=1S/C21H15FN2O3/c22-14-6-8-15(9-7-14)24-20(13-5-10-18-19(11-13)27-12-26-18)23-17-4-2-1-3-16(17)21(24)25/h1-11,20,23H,12H2/t20-/m1/s1. The zero-order valence-corrected chi connectivity index (χ0v) is 14.2. The first-order chi connectivity index (χ1) is 13.2. The van der Waals surface area contributed by atoms with Crippen LogP contribution in [0.4, 0.5) is 15.8 Å². The monoisotopic (exact) mass is 362 g/mol. The van der Waals surface area contributed by atoms with Crippen molar-refractivity contribution in [3.63, 3.8) is 0 Å². The molecule has 0 saturated carbocycles. The van der Waals surface area contributed by atoms with Crippen LogP contribution in [0.3, 0.4) is 0 Å². The van der Waals surface area contributed by atoms with Crippen LogP contribution in [-0.4, -0.2) is 12.7 Å². The Morgan fingerprint density at radius 3 is 2.59 bits per heavy atom. The van der Waals surface area contributed by atoms with E-state index in [1.165, 1.54) is 12.1 Å². The van der Waals surface area contributed by atoms with Crippen molar-refractivity contribution in [2.45, 2.75) is 6.17 Å². The first-order valence-corrected chi connectivity index (χ1v) is 8.55. The maximum absolute atomic E-state index is 13.4. The van der Waals surface area contributed by atoms with E-state index in [0.29, 0.717) is 22.7 Å². The van der Waals surface area contributed by atoms with E-state index < -0.39 is 6.17 Å². The highest BCUT2D eigenvalue weighted by molar-refractivity contribution is 6.12. The van der Waals surface area contributed by atoms with Crippen LogP contribution < -0.4 is 19.7 Å². The number of carbonyl (C=O) groups excluding carboxylic acids is 1. The number of benzene rings is 3. The summed E-state index contributed by atoms with van der Waals surface area (Å²) in [5.74, 6) is 0.809. The van der Waals surface area contributed by atoms with Gasteiger partial charge in [0, 0.05) is 11.4 Å². The van der Waals surface area contributed by atoms with E-state index in [1.54, 1.807) is 23.1 Å². The van der Waals surface area contributed by atoms with Gasteiger partial charge in [-0.25, -0.2) is 4.39 Å². The lowest BCUT2D eigenvalue weighted by Crippen LogP contribution is -2.43. The van der Waals surface area contributed by atoms with Gasteiger partial charge in [0.05, 0.1) is 5.56 Å². The van der Waals surface area contributed by atoms with Crippen molar-refractivity contribution in [1.29, 1.82) is 0 Å². The summed E-state index contributed by atoms with van der Waals surface area (Å²) >= 11 is 0. The van der Waals surface area contributed by atoms with Crippen LogP contribution in [0.5, 0.6) is 11.5 Å². The van der Waals surface area contributed by atoms with Crippen LogP contribution in [-0.2, 0) is 0 Å². The molecule has 0 bridgehead atoms. The third kappa shape index (κ3) is 2.57. The molecule has 0 radical (unpaired) electrons. The second kappa shape index (κ2) is 6.02. The fourth-order valence-corrected chi connectivity index (χ4v) is 3.44. The van der Waals surface area contributed by atoms with Gasteiger partial charge < -0.3 is 14.8 Å². The molecule has 6 heteroatoms. The third-order valence-corrected chi connectivity index (χ3v) is 4.74. The van der Waals surface area contributed by atoms with Crippen LogP contribution in [0.15, 0.2) is 66.7 Å². The second-order valence-electron chi connectivity index (χ2n) is 6.36. The molecule has 2 aliphatic heterocycles. The molecule has 0 fully saturated rings. The molecular formula is C21H15FN2O3. The molecule has 1 N–H and O–H groups in total. The Bertz CT molecular complexity index is 1040. The summed E-state index contributed by atoms with van der Waals surface area (Å²) in [6, 6.07) is 18.8. The topological polar surface area (TPSA) is 50.8 Å². The summed E-state index contributed by atoms with van der Waals surface area (Å²) in [6.07, 6.45) is -0.465. The summed E-state index contributed by atoms with van der Waals surface area (Å²) in [5.41, 5.74) is 2.76. The number of nitrogens with zero attached hydrogens (tertiary/aromatic N) is 1. The number of ether oxygens (including phenoxy) is 2. The van der Waals surface area contributed by atoms with Crippen molar-refractivity contribution >= 4 is 17.3 Å². The van der Waals surface area contributed by atoms with Crippen molar-refractivity contribution in [3.05, 3.63) is 83.7 Å². The third-order valence-electron chi connectivity index (χ3n) is 4.74. The van der Waals surface area contributed by atoms with Crippen molar-refractivity contribution in [1.82, 2.24) is 0 Å². The van der Waals surface area contributed by atoms with Gasteiger partial charge in [0.2, 0.25) is 6.79 Å². The van der Waals surface area contributed by atoms with E-state index in [-0.39, 0.29) is 18.5 Å². The molecule has 0 aliphatic carbocycles. The maximum Gasteiger partial charge on any atom is 0.262 e. The largest absolute Gasteiger partial charge is 0.454 e. The Hall–Kier alpha value is -3.54. The zero-order chi connectivity index (χ0) is 18.4. The summed E-state index contributed by atoms with van der Waals surface area (Å²) in [5, 5.41) is 3.41. The van der Waals surface area contributed by atoms with Gasteiger partial charge in [-0.15, -0.1) is 0 Å². The summed E-state index contributed by atoms with van der Waals surface area (Å²) < 4.78 is 24.3. The number of hydrogen-bond donors (Lipinski definition) is 1. The van der Waals surface area contributed by atoms with Gasteiger partial charge in [0.25, 0.3) is 5.91 Å². The number of hydrogen-bond acceptors (Lipinski definition) is 4. The summed E-state index contributed by atoms with van der Waals surface area (Å²) in [6.45, 7) is 0.181. The Kier molecular flexibility index (Phi) is 3.50. The van der Waals surface area contributed by atoms with Crippen LogP contribution in [0, 0.1) is 5.82 Å². The fourth-order valence-electron chi connectivity index (χ4n) is 3.44. The number of nitrogens with one attached hydrogen (secondary N) is 1. The van der Waals surface area contributed by atoms with Gasteiger partial charge >= 0.3 is 0 Å². The van der Waals surface area contributed by atoms with Gasteiger partial charge in [0.1, 0.15) is 12.0 Å². The minimum Gasteiger partial charge on any atom is -0.454 e. The van der Waals surface area contributed by atoms with E-state index >= 15 is 0 Å². The van der Waals surface area contributed by atoms with Gasteiger partial charge in [0.15, 0.2) is 11.5 Å². The minimum absolute atomic E-state index is 0.154. The molecule has 0 saturated heterocycles. The fraction of sp³-hybridized carbons (Fsp3) is 0.0952. The number of rotatable bonds is 2. The average molecular weight is 362 g/mol. The first-order valence-electron chi connectivity index (χ1n) is 8.55. The smallest absolute Gasteiger partial charge is 0.262 e. The number of para-hydroxylation sites is 1. The minimum atomic E-state index is -0.465. The molecule has 2 aliphatic rings. The normalized spacial score (nSPS) is 17.4. The van der Waals surface area contributed by atoms with Gasteiger partial charge in [-0.3, -0.25) is 9.69 Å². The lowest BCUT2D eigenvalue weighted by atomic mass is 10.0. The highest BCUT2D eigenvalue weighted by Crippen LogP contribution is 2.40. The van der Waals surface area contributed by atoms with Crippen molar-refractivity contribution in [2.24, 2.45) is 0 Å². The van der Waals surface area contributed by atoms with Crippen molar-refractivity contribution < 1.29 is 18.7 Å². The Morgan fingerprint density at radius 1 is 0.963 bits per heavy atom. The SMILES string of the molecule is O=C1c2ccccc2N[C@@H](c2ccc3c(c2)OCO3)N1c1ccc(F)cc1. The first kappa shape index (κ1) is 15.7. The van der Waals surface area contributed by atoms with Crippen LogP contribution in [0.1, 0.15) is 22.1 Å². The Balaban J connectivity index is 1.64. The quantitative estimate of drug-likeness (QED) is 0.737. The van der Waals surface area contributed by atoms with E-state index in [9.17, 15) is 9.18 Å². The molecule has 134 valence electrons. The molecule has 0 unspecified atom stereocenters. The van der Waals surface area contributed by atoms with Gasteiger partial charge in [-0.1, -0.05) is 18.2 Å². The number of carbonyl (C=O) groups is 1. The van der Waals surface area contributed by atoms with Crippen LogP contribution in [0.2, 0.25) is 0 Å². The summed E-state index contributed by atoms with van der Waals surface area (Å²) in [7, 11) is 0. The Morgan fingerprint density at radius 2 is 1.74 bits per heavy atom. The average Bonchev–Trinajstić information content (AvgIpc) is 3.17.